The zero-order valence-corrected chi connectivity index (χ0v) is 12.0. The molecular weight excluding hydrogens is 266 g/mol. The maximum Gasteiger partial charge on any atom is 0.299 e. The quantitative estimate of drug-likeness (QED) is 0.800. The number of ketones is 1. The Morgan fingerprint density at radius 1 is 1.26 bits per heavy atom. The van der Waals surface area contributed by atoms with E-state index < -0.39 is 11.7 Å². The first-order valence-electron chi connectivity index (χ1n) is 6.09. The SMILES string of the molecule is CC(C)(C)OCCN1C(=O)C(=O)c2ccc(Cl)cc21. The molecule has 0 N–H and O–H groups in total. The molecule has 0 unspecified atom stereocenters. The molecule has 1 aliphatic heterocycles. The van der Waals surface area contributed by atoms with Gasteiger partial charge in [-0.2, -0.15) is 0 Å². The number of amides is 1. The van der Waals surface area contributed by atoms with Crippen molar-refractivity contribution in [1.29, 1.82) is 0 Å². The topological polar surface area (TPSA) is 46.6 Å². The van der Waals surface area contributed by atoms with Gasteiger partial charge in [-0.3, -0.25) is 9.59 Å². The Bertz CT molecular complexity index is 534. The lowest BCUT2D eigenvalue weighted by Crippen LogP contribution is -2.34. The van der Waals surface area contributed by atoms with Crippen molar-refractivity contribution in [1.82, 2.24) is 0 Å². The first-order chi connectivity index (χ1) is 8.79. The third-order valence-corrected chi connectivity index (χ3v) is 3.02. The maximum absolute atomic E-state index is 11.9. The van der Waals surface area contributed by atoms with E-state index in [9.17, 15) is 9.59 Å². The van der Waals surface area contributed by atoms with Gasteiger partial charge in [0.2, 0.25) is 0 Å². The van der Waals surface area contributed by atoms with Gasteiger partial charge in [0.25, 0.3) is 11.7 Å². The molecule has 1 aromatic carbocycles. The van der Waals surface area contributed by atoms with Gasteiger partial charge in [-0.15, -0.1) is 0 Å². The molecule has 0 saturated heterocycles. The van der Waals surface area contributed by atoms with E-state index in [1.165, 1.54) is 4.90 Å². The Morgan fingerprint density at radius 3 is 2.58 bits per heavy atom. The van der Waals surface area contributed by atoms with Crippen molar-refractivity contribution in [2.24, 2.45) is 0 Å². The van der Waals surface area contributed by atoms with Crippen molar-refractivity contribution >= 4 is 29.0 Å². The minimum atomic E-state index is -0.519. The van der Waals surface area contributed by atoms with Gasteiger partial charge in [0, 0.05) is 11.6 Å². The zero-order chi connectivity index (χ0) is 14.2. The largest absolute Gasteiger partial charge is 0.374 e. The summed E-state index contributed by atoms with van der Waals surface area (Å²) in [4.78, 5) is 25.1. The lowest BCUT2D eigenvalue weighted by molar-refractivity contribution is -0.114. The van der Waals surface area contributed by atoms with Gasteiger partial charge >= 0.3 is 0 Å². The molecule has 4 nitrogen and oxygen atoms in total. The van der Waals surface area contributed by atoms with Gasteiger partial charge in [0.1, 0.15) is 0 Å². The van der Waals surface area contributed by atoms with Gasteiger partial charge < -0.3 is 9.64 Å². The second-order valence-corrected chi connectivity index (χ2v) is 5.84. The van der Waals surface area contributed by atoms with Crippen LogP contribution in [0.5, 0.6) is 0 Å². The first-order valence-corrected chi connectivity index (χ1v) is 6.47. The van der Waals surface area contributed by atoms with E-state index in [0.29, 0.717) is 29.4 Å². The highest BCUT2D eigenvalue weighted by molar-refractivity contribution is 6.52. The summed E-state index contributed by atoms with van der Waals surface area (Å²) in [5.41, 5.74) is 0.703. The predicted octanol–water partition coefficient (Wildman–Crippen LogP) is 2.68. The monoisotopic (exact) mass is 281 g/mol. The van der Waals surface area contributed by atoms with E-state index >= 15 is 0 Å². The number of ether oxygens (including phenoxy) is 1. The summed E-state index contributed by atoms with van der Waals surface area (Å²) >= 11 is 5.91. The lowest BCUT2D eigenvalue weighted by atomic mass is 10.1. The Kier molecular flexibility index (Phi) is 3.65. The second kappa shape index (κ2) is 4.94. The number of carbonyl (C=O) groups excluding carboxylic acids is 2. The number of Topliss-reactive ketones (excluding diaryl/α,β-unsaturated/α-hetero) is 1. The number of nitrogens with zero attached hydrogens (tertiary/aromatic N) is 1. The molecule has 1 aromatic rings. The summed E-state index contributed by atoms with van der Waals surface area (Å²) in [6.07, 6.45) is 0. The molecule has 0 fully saturated rings. The van der Waals surface area contributed by atoms with Crippen LogP contribution in [-0.4, -0.2) is 30.4 Å². The van der Waals surface area contributed by atoms with E-state index in [4.69, 9.17) is 16.3 Å². The average molecular weight is 282 g/mol. The summed E-state index contributed by atoms with van der Waals surface area (Å²) < 4.78 is 5.58. The van der Waals surface area contributed by atoms with Crippen LogP contribution >= 0.6 is 11.6 Å². The number of carbonyl (C=O) groups is 2. The molecule has 102 valence electrons. The van der Waals surface area contributed by atoms with Crippen LogP contribution in [0.25, 0.3) is 0 Å². The van der Waals surface area contributed by atoms with Crippen LogP contribution in [0.1, 0.15) is 31.1 Å². The molecule has 1 amide bonds. The molecule has 0 atom stereocenters. The van der Waals surface area contributed by atoms with Crippen LogP contribution in [0, 0.1) is 0 Å². The Labute approximate surface area is 117 Å². The Hall–Kier alpha value is -1.39. The van der Waals surface area contributed by atoms with E-state index in [0.717, 1.165) is 0 Å². The van der Waals surface area contributed by atoms with Crippen molar-refractivity contribution in [3.8, 4) is 0 Å². The fraction of sp³-hybridized carbons (Fsp3) is 0.429. The van der Waals surface area contributed by atoms with Crippen LogP contribution < -0.4 is 4.90 Å². The first kappa shape index (κ1) is 14.0. The number of anilines is 1. The van der Waals surface area contributed by atoms with Gasteiger partial charge in [-0.25, -0.2) is 0 Å². The molecule has 19 heavy (non-hydrogen) atoms. The molecule has 1 heterocycles. The molecule has 0 spiro atoms. The fourth-order valence-corrected chi connectivity index (χ4v) is 2.10. The lowest BCUT2D eigenvalue weighted by Gasteiger charge is -2.22. The van der Waals surface area contributed by atoms with Gasteiger partial charge in [-0.05, 0) is 39.0 Å². The minimum Gasteiger partial charge on any atom is -0.374 e. The van der Waals surface area contributed by atoms with Crippen LogP contribution in [0.15, 0.2) is 18.2 Å². The number of hydrogen-bond acceptors (Lipinski definition) is 3. The highest BCUT2D eigenvalue weighted by atomic mass is 35.5. The highest BCUT2D eigenvalue weighted by Gasteiger charge is 2.35. The number of benzene rings is 1. The highest BCUT2D eigenvalue weighted by Crippen LogP contribution is 2.31. The van der Waals surface area contributed by atoms with Crippen molar-refractivity contribution in [2.75, 3.05) is 18.1 Å². The van der Waals surface area contributed by atoms with E-state index in [1.807, 2.05) is 20.8 Å². The molecular formula is C14H16ClNO3. The van der Waals surface area contributed by atoms with Crippen molar-refractivity contribution in [2.45, 2.75) is 26.4 Å². The van der Waals surface area contributed by atoms with Crippen molar-refractivity contribution < 1.29 is 14.3 Å². The molecule has 5 heteroatoms. The summed E-state index contributed by atoms with van der Waals surface area (Å²) in [5, 5.41) is 0.503. The molecule has 1 aliphatic rings. The second-order valence-electron chi connectivity index (χ2n) is 5.41. The van der Waals surface area contributed by atoms with Crippen LogP contribution in [-0.2, 0) is 9.53 Å². The summed E-state index contributed by atoms with van der Waals surface area (Å²) in [5.74, 6) is -1.00. The molecule has 0 aliphatic carbocycles. The van der Waals surface area contributed by atoms with Crippen molar-refractivity contribution in [3.63, 3.8) is 0 Å². The summed E-state index contributed by atoms with van der Waals surface area (Å²) in [7, 11) is 0. The number of halogens is 1. The van der Waals surface area contributed by atoms with Crippen LogP contribution in [0.4, 0.5) is 5.69 Å². The van der Waals surface area contributed by atoms with E-state index in [2.05, 4.69) is 0 Å². The standard InChI is InChI=1S/C14H16ClNO3/c1-14(2,3)19-7-6-16-11-8-9(15)4-5-10(11)12(17)13(16)18/h4-5,8H,6-7H2,1-3H3. The smallest absolute Gasteiger partial charge is 0.299 e. The number of rotatable bonds is 3. The third-order valence-electron chi connectivity index (χ3n) is 2.78. The number of hydrogen-bond donors (Lipinski definition) is 0. The van der Waals surface area contributed by atoms with Crippen molar-refractivity contribution in [3.05, 3.63) is 28.8 Å². The van der Waals surface area contributed by atoms with E-state index in [-0.39, 0.29) is 5.60 Å². The molecule has 0 aromatic heterocycles. The van der Waals surface area contributed by atoms with E-state index in [1.54, 1.807) is 18.2 Å². The Balaban J connectivity index is 2.16. The van der Waals surface area contributed by atoms with Gasteiger partial charge in [0.15, 0.2) is 0 Å². The third kappa shape index (κ3) is 2.96. The molecule has 0 saturated carbocycles. The molecule has 0 bridgehead atoms. The van der Waals surface area contributed by atoms with Gasteiger partial charge in [-0.1, -0.05) is 11.6 Å². The fourth-order valence-electron chi connectivity index (χ4n) is 1.93. The average Bonchev–Trinajstić information content (AvgIpc) is 2.52. The van der Waals surface area contributed by atoms with Crippen LogP contribution in [0.3, 0.4) is 0 Å². The van der Waals surface area contributed by atoms with Crippen LogP contribution in [0.2, 0.25) is 5.02 Å². The molecule has 0 radical (unpaired) electrons. The summed E-state index contributed by atoms with van der Waals surface area (Å²) in [6, 6.07) is 4.83. The maximum atomic E-state index is 11.9. The molecule has 2 rings (SSSR count). The normalized spacial score (nSPS) is 15.1. The summed E-state index contributed by atoms with van der Waals surface area (Å²) in [6.45, 7) is 6.53. The predicted molar refractivity (Wildman–Crippen MR) is 73.8 cm³/mol. The number of fused-ring (bicyclic) bond motifs is 1. The Morgan fingerprint density at radius 2 is 1.95 bits per heavy atom. The zero-order valence-electron chi connectivity index (χ0n) is 11.2. The minimum absolute atomic E-state index is 0.274. The van der Waals surface area contributed by atoms with Gasteiger partial charge in [0.05, 0.1) is 23.5 Å².